The second-order valence-corrected chi connectivity index (χ2v) is 9.86. The van der Waals surface area contributed by atoms with Crippen LogP contribution in [0.4, 0.5) is 5.69 Å². The number of pyridine rings is 4. The Kier molecular flexibility index (Phi) is 5.77. The van der Waals surface area contributed by atoms with E-state index >= 15 is 0 Å². The first-order valence-corrected chi connectivity index (χ1v) is 13.1. The summed E-state index contributed by atoms with van der Waals surface area (Å²) >= 11 is 0. The van der Waals surface area contributed by atoms with Crippen molar-refractivity contribution in [2.45, 2.75) is 32.1 Å². The lowest BCUT2D eigenvalue weighted by Gasteiger charge is -2.20. The van der Waals surface area contributed by atoms with E-state index in [9.17, 15) is 4.79 Å². The van der Waals surface area contributed by atoms with Gasteiger partial charge in [0.15, 0.2) is 17.1 Å². The molecule has 0 aromatic carbocycles. The van der Waals surface area contributed by atoms with Gasteiger partial charge in [0, 0.05) is 53.6 Å². The fraction of sp³-hybridized carbons (Fsp3) is 0.207. The van der Waals surface area contributed by atoms with Crippen molar-refractivity contribution in [1.82, 2.24) is 40.1 Å². The number of carbonyl (C=O) groups excluding carboxylic acids is 1. The van der Waals surface area contributed by atoms with Gasteiger partial charge < -0.3 is 10.3 Å². The molecule has 0 radical (unpaired) electrons. The minimum Gasteiger partial charge on any atom is -0.324 e. The van der Waals surface area contributed by atoms with Crippen LogP contribution in [0.15, 0.2) is 67.5 Å². The van der Waals surface area contributed by atoms with Crippen molar-refractivity contribution in [3.8, 4) is 33.8 Å². The normalized spacial score (nSPS) is 14.2. The van der Waals surface area contributed by atoms with Crippen molar-refractivity contribution in [2.24, 2.45) is 5.92 Å². The SMILES string of the molecule is O=C(Nc1cncc(-c2cnc3[nH]nc(-c4nc5c(-c6ccncc6)ccnc5[nH]4)c3c2)c1)C1CCCCC1. The Bertz CT molecular complexity index is 1800. The van der Waals surface area contributed by atoms with Gasteiger partial charge in [0.05, 0.1) is 17.3 Å². The number of hydrogen-bond acceptors (Lipinski definition) is 7. The number of amides is 1. The number of aromatic nitrogens is 8. The molecule has 3 N–H and O–H groups in total. The molecule has 1 aliphatic rings. The smallest absolute Gasteiger partial charge is 0.227 e. The first-order valence-electron chi connectivity index (χ1n) is 13.1. The zero-order valence-electron chi connectivity index (χ0n) is 21.1. The van der Waals surface area contributed by atoms with Crippen LogP contribution in [0.25, 0.3) is 56.0 Å². The van der Waals surface area contributed by atoms with Gasteiger partial charge >= 0.3 is 0 Å². The summed E-state index contributed by atoms with van der Waals surface area (Å²) < 4.78 is 0. The zero-order valence-corrected chi connectivity index (χ0v) is 21.1. The van der Waals surface area contributed by atoms with Crippen LogP contribution in [-0.4, -0.2) is 46.0 Å². The number of fused-ring (bicyclic) bond motifs is 2. The summed E-state index contributed by atoms with van der Waals surface area (Å²) in [6.07, 6.45) is 15.8. The number of rotatable bonds is 5. The van der Waals surface area contributed by atoms with Crippen molar-refractivity contribution in [3.05, 3.63) is 67.5 Å². The second kappa shape index (κ2) is 9.71. The van der Waals surface area contributed by atoms with Crippen LogP contribution in [-0.2, 0) is 4.79 Å². The lowest BCUT2D eigenvalue weighted by Crippen LogP contribution is -2.24. The molecule has 0 saturated heterocycles. The third-order valence-electron chi connectivity index (χ3n) is 7.33. The van der Waals surface area contributed by atoms with Gasteiger partial charge in [0.1, 0.15) is 11.2 Å². The number of H-pyrrole nitrogens is 2. The predicted octanol–water partition coefficient (Wildman–Crippen LogP) is 5.54. The second-order valence-electron chi connectivity index (χ2n) is 9.86. The average Bonchev–Trinajstić information content (AvgIpc) is 3.62. The lowest BCUT2D eigenvalue weighted by molar-refractivity contribution is -0.120. The fourth-order valence-corrected chi connectivity index (χ4v) is 5.30. The van der Waals surface area contributed by atoms with E-state index in [-0.39, 0.29) is 11.8 Å². The van der Waals surface area contributed by atoms with Crippen molar-refractivity contribution in [2.75, 3.05) is 5.32 Å². The van der Waals surface area contributed by atoms with Crippen molar-refractivity contribution >= 4 is 33.8 Å². The van der Waals surface area contributed by atoms with E-state index in [2.05, 4.69) is 40.4 Å². The van der Waals surface area contributed by atoms with Crippen LogP contribution in [0.3, 0.4) is 0 Å². The van der Waals surface area contributed by atoms with Crippen LogP contribution in [0.5, 0.6) is 0 Å². The molecule has 7 rings (SSSR count). The fourth-order valence-electron chi connectivity index (χ4n) is 5.30. The Morgan fingerprint density at radius 2 is 1.69 bits per heavy atom. The number of hydrogen-bond donors (Lipinski definition) is 3. The number of carbonyl (C=O) groups is 1. The summed E-state index contributed by atoms with van der Waals surface area (Å²) in [5.74, 6) is 0.742. The summed E-state index contributed by atoms with van der Waals surface area (Å²) in [6, 6.07) is 9.78. The highest BCUT2D eigenvalue weighted by Gasteiger charge is 2.21. The van der Waals surface area contributed by atoms with Gasteiger partial charge in [0.2, 0.25) is 5.91 Å². The minimum absolute atomic E-state index is 0.0731. The highest BCUT2D eigenvalue weighted by molar-refractivity contribution is 5.96. The molecule has 10 nitrogen and oxygen atoms in total. The highest BCUT2D eigenvalue weighted by atomic mass is 16.1. The predicted molar refractivity (Wildman–Crippen MR) is 148 cm³/mol. The molecule has 0 spiro atoms. The number of nitrogens with one attached hydrogen (secondary N) is 3. The van der Waals surface area contributed by atoms with Crippen LogP contribution in [0.2, 0.25) is 0 Å². The van der Waals surface area contributed by atoms with E-state index in [0.29, 0.717) is 28.5 Å². The number of nitrogens with zero attached hydrogens (tertiary/aromatic N) is 6. The molecule has 6 aromatic heterocycles. The van der Waals surface area contributed by atoms with E-state index in [1.807, 2.05) is 30.3 Å². The molecule has 1 saturated carbocycles. The van der Waals surface area contributed by atoms with Crippen LogP contribution < -0.4 is 5.32 Å². The van der Waals surface area contributed by atoms with Gasteiger partial charge in [0.25, 0.3) is 0 Å². The molecule has 1 aliphatic carbocycles. The maximum atomic E-state index is 12.8. The van der Waals surface area contributed by atoms with Crippen molar-refractivity contribution in [1.29, 1.82) is 0 Å². The summed E-state index contributed by atoms with van der Waals surface area (Å²) in [5.41, 5.74) is 7.08. The van der Waals surface area contributed by atoms with Crippen LogP contribution in [0, 0.1) is 5.92 Å². The highest BCUT2D eigenvalue weighted by Crippen LogP contribution is 2.32. The summed E-state index contributed by atoms with van der Waals surface area (Å²) in [5, 5.41) is 11.4. The molecular formula is C29H25N9O. The monoisotopic (exact) mass is 515 g/mol. The molecule has 10 heteroatoms. The van der Waals surface area contributed by atoms with Gasteiger partial charge in [-0.3, -0.25) is 19.9 Å². The largest absolute Gasteiger partial charge is 0.324 e. The number of imidazole rings is 1. The van der Waals surface area contributed by atoms with Gasteiger partial charge in [-0.15, -0.1) is 0 Å². The molecule has 0 unspecified atom stereocenters. The Labute approximate surface area is 223 Å². The maximum absolute atomic E-state index is 12.8. The third-order valence-corrected chi connectivity index (χ3v) is 7.33. The standard InChI is InChI=1S/C29H25N9O/c39-29(18-4-2-1-3-5-18)34-21-12-19(14-31-16-21)20-13-23-25(37-38-26(23)33-15-20)28-35-24-22(8-11-32-27(24)36-28)17-6-9-30-10-7-17/h6-16,18H,1-5H2,(H,34,39)(H,32,35,36)(H,33,37,38). The maximum Gasteiger partial charge on any atom is 0.227 e. The van der Waals surface area contributed by atoms with E-state index in [1.54, 1.807) is 37.2 Å². The van der Waals surface area contributed by atoms with Crippen LogP contribution in [0.1, 0.15) is 32.1 Å². The van der Waals surface area contributed by atoms with Gasteiger partial charge in [-0.2, -0.15) is 5.10 Å². The van der Waals surface area contributed by atoms with Crippen molar-refractivity contribution in [3.63, 3.8) is 0 Å². The molecule has 39 heavy (non-hydrogen) atoms. The van der Waals surface area contributed by atoms with Crippen LogP contribution >= 0.6 is 0 Å². The molecule has 6 heterocycles. The van der Waals surface area contributed by atoms with E-state index in [4.69, 9.17) is 4.98 Å². The summed E-state index contributed by atoms with van der Waals surface area (Å²) in [7, 11) is 0. The topological polar surface area (TPSA) is 138 Å². The first-order chi connectivity index (χ1) is 19.2. The molecular weight excluding hydrogens is 490 g/mol. The Morgan fingerprint density at radius 1 is 0.846 bits per heavy atom. The van der Waals surface area contributed by atoms with Gasteiger partial charge in [-0.1, -0.05) is 19.3 Å². The third kappa shape index (κ3) is 4.39. The van der Waals surface area contributed by atoms with E-state index < -0.39 is 0 Å². The Hall–Kier alpha value is -4.99. The molecule has 192 valence electrons. The molecule has 1 fully saturated rings. The quantitative estimate of drug-likeness (QED) is 0.274. The minimum atomic E-state index is 0.0731. The Balaban J connectivity index is 1.23. The zero-order chi connectivity index (χ0) is 26.2. The summed E-state index contributed by atoms with van der Waals surface area (Å²) in [6.45, 7) is 0. The summed E-state index contributed by atoms with van der Waals surface area (Å²) in [4.78, 5) is 38.5. The average molecular weight is 516 g/mol. The van der Waals surface area contributed by atoms with Crippen molar-refractivity contribution < 1.29 is 4.79 Å². The Morgan fingerprint density at radius 3 is 2.56 bits per heavy atom. The molecule has 0 aliphatic heterocycles. The molecule has 0 atom stereocenters. The van der Waals surface area contributed by atoms with Gasteiger partial charge in [-0.05, 0) is 48.7 Å². The molecule has 6 aromatic rings. The van der Waals surface area contributed by atoms with E-state index in [0.717, 1.165) is 58.8 Å². The number of anilines is 1. The van der Waals surface area contributed by atoms with E-state index in [1.165, 1.54) is 6.42 Å². The van der Waals surface area contributed by atoms with Gasteiger partial charge in [-0.25, -0.2) is 15.0 Å². The molecule has 1 amide bonds. The lowest BCUT2D eigenvalue weighted by atomic mass is 9.88. The molecule has 0 bridgehead atoms. The first kappa shape index (κ1) is 23.2. The number of aromatic amines is 2.